The summed E-state index contributed by atoms with van der Waals surface area (Å²) in [5.41, 5.74) is -0.276. The summed E-state index contributed by atoms with van der Waals surface area (Å²) in [6.45, 7) is 0. The Bertz CT molecular complexity index is 543. The molecule has 1 fully saturated rings. The summed E-state index contributed by atoms with van der Waals surface area (Å²) in [5, 5.41) is 21.9. The maximum atomic E-state index is 13.2. The molecular weight excluding hydrogens is 283 g/mol. The molecule has 0 saturated heterocycles. The first-order valence-corrected chi connectivity index (χ1v) is 6.55. The molecule has 0 unspecified atom stereocenters. The van der Waals surface area contributed by atoms with Crippen LogP contribution in [0.25, 0.3) is 0 Å². The fourth-order valence-corrected chi connectivity index (χ4v) is 2.41. The third kappa shape index (κ3) is 4.04. The fraction of sp³-hybridized carbons (Fsp3) is 0.462. The Morgan fingerprint density at radius 3 is 2.62 bits per heavy atom. The van der Waals surface area contributed by atoms with Crippen molar-refractivity contribution in [1.82, 2.24) is 5.32 Å². The Morgan fingerprint density at radius 1 is 1.38 bits per heavy atom. The Kier molecular flexibility index (Phi) is 4.56. The van der Waals surface area contributed by atoms with Crippen molar-refractivity contribution in [2.24, 2.45) is 0 Å². The number of nitrogens with one attached hydrogen (secondary N) is 1. The molecule has 1 aliphatic carbocycles. The monoisotopic (exact) mass is 298 g/mol. The summed E-state index contributed by atoms with van der Waals surface area (Å²) in [6.07, 6.45) is 0.926. The van der Waals surface area contributed by atoms with Crippen LogP contribution in [-0.2, 0) is 0 Å². The molecule has 21 heavy (non-hydrogen) atoms. The Hall–Kier alpha value is -2.38. The van der Waals surface area contributed by atoms with Crippen molar-refractivity contribution in [3.63, 3.8) is 0 Å². The molecular formula is C13H15FN2O5. The second-order valence-corrected chi connectivity index (χ2v) is 4.91. The van der Waals surface area contributed by atoms with E-state index < -0.39 is 16.8 Å². The second-order valence-electron chi connectivity index (χ2n) is 4.91. The predicted octanol–water partition coefficient (Wildman–Crippen LogP) is 2.69. The highest BCUT2D eigenvalue weighted by Gasteiger charge is 2.26. The minimum atomic E-state index is -1.07. The lowest BCUT2D eigenvalue weighted by atomic mass is 9.93. The van der Waals surface area contributed by atoms with Crippen LogP contribution < -0.4 is 10.1 Å². The summed E-state index contributed by atoms with van der Waals surface area (Å²) >= 11 is 0. The van der Waals surface area contributed by atoms with Crippen LogP contribution >= 0.6 is 0 Å². The van der Waals surface area contributed by atoms with Gasteiger partial charge in [-0.1, -0.05) is 0 Å². The van der Waals surface area contributed by atoms with Gasteiger partial charge in [-0.2, -0.15) is 0 Å². The van der Waals surface area contributed by atoms with Crippen LogP contribution in [0.1, 0.15) is 25.7 Å². The molecule has 0 spiro atoms. The highest BCUT2D eigenvalue weighted by molar-refractivity contribution is 5.64. The Balaban J connectivity index is 1.99. The van der Waals surface area contributed by atoms with Gasteiger partial charge in [0, 0.05) is 18.2 Å². The van der Waals surface area contributed by atoms with E-state index >= 15 is 0 Å². The van der Waals surface area contributed by atoms with E-state index in [1.807, 2.05) is 0 Å². The van der Waals surface area contributed by atoms with Gasteiger partial charge in [-0.25, -0.2) is 9.18 Å². The van der Waals surface area contributed by atoms with Crippen LogP contribution in [0, 0.1) is 15.9 Å². The molecule has 114 valence electrons. The van der Waals surface area contributed by atoms with E-state index in [1.54, 1.807) is 0 Å². The summed E-state index contributed by atoms with van der Waals surface area (Å²) < 4.78 is 18.7. The molecule has 1 saturated carbocycles. The van der Waals surface area contributed by atoms with Gasteiger partial charge < -0.3 is 15.2 Å². The number of benzene rings is 1. The number of amides is 1. The quantitative estimate of drug-likeness (QED) is 0.657. The van der Waals surface area contributed by atoms with Gasteiger partial charge in [-0.05, 0) is 31.7 Å². The van der Waals surface area contributed by atoms with Gasteiger partial charge in [-0.3, -0.25) is 10.1 Å². The topological polar surface area (TPSA) is 102 Å². The zero-order valence-electron chi connectivity index (χ0n) is 11.1. The molecule has 0 atom stereocenters. The number of nitro groups is 1. The summed E-state index contributed by atoms with van der Waals surface area (Å²) in [5.74, 6) is -0.688. The molecule has 0 aliphatic heterocycles. The molecule has 0 bridgehead atoms. The summed E-state index contributed by atoms with van der Waals surface area (Å²) in [4.78, 5) is 20.8. The van der Waals surface area contributed by atoms with Gasteiger partial charge in [0.25, 0.3) is 0 Å². The average molecular weight is 298 g/mol. The fourth-order valence-electron chi connectivity index (χ4n) is 2.41. The first kappa shape index (κ1) is 15.0. The van der Waals surface area contributed by atoms with Crippen molar-refractivity contribution >= 4 is 11.8 Å². The van der Waals surface area contributed by atoms with Crippen LogP contribution in [0.15, 0.2) is 18.2 Å². The lowest BCUT2D eigenvalue weighted by molar-refractivity contribution is -0.386. The molecule has 1 aliphatic rings. The molecule has 1 amide bonds. The molecule has 1 aromatic rings. The number of nitrogens with zero attached hydrogens (tertiary/aromatic N) is 1. The third-order valence-electron chi connectivity index (χ3n) is 3.41. The maximum Gasteiger partial charge on any atom is 0.404 e. The largest absolute Gasteiger partial charge is 0.483 e. The van der Waals surface area contributed by atoms with Gasteiger partial charge >= 0.3 is 11.8 Å². The second kappa shape index (κ2) is 6.38. The van der Waals surface area contributed by atoms with Gasteiger partial charge in [0.2, 0.25) is 0 Å². The van der Waals surface area contributed by atoms with Crippen LogP contribution in [-0.4, -0.2) is 28.3 Å². The van der Waals surface area contributed by atoms with E-state index in [1.165, 1.54) is 0 Å². The van der Waals surface area contributed by atoms with E-state index in [0.29, 0.717) is 25.7 Å². The number of carboxylic acid groups (broad SMARTS) is 1. The minimum Gasteiger partial charge on any atom is -0.483 e. The van der Waals surface area contributed by atoms with Gasteiger partial charge in [-0.15, -0.1) is 0 Å². The number of rotatable bonds is 4. The van der Waals surface area contributed by atoms with Crippen molar-refractivity contribution in [2.45, 2.75) is 37.8 Å². The van der Waals surface area contributed by atoms with E-state index in [9.17, 15) is 19.3 Å². The van der Waals surface area contributed by atoms with E-state index in [2.05, 4.69) is 5.32 Å². The molecule has 0 heterocycles. The van der Waals surface area contributed by atoms with Crippen molar-refractivity contribution in [1.29, 1.82) is 0 Å². The normalized spacial score (nSPS) is 21.6. The third-order valence-corrected chi connectivity index (χ3v) is 3.41. The average Bonchev–Trinajstić information content (AvgIpc) is 2.40. The highest BCUT2D eigenvalue weighted by atomic mass is 19.1. The standard InChI is InChI=1S/C13H15FN2O5/c14-8-1-6-11(16(19)20)12(7-8)21-10-4-2-9(3-5-10)15-13(17)18/h1,6-7,9-10,15H,2-5H2,(H,17,18). The number of hydrogen-bond donors (Lipinski definition) is 2. The molecule has 0 radical (unpaired) electrons. The SMILES string of the molecule is O=C(O)NC1CCC(Oc2cc(F)ccc2[N+](=O)[O-])CC1. The number of hydrogen-bond acceptors (Lipinski definition) is 4. The van der Waals surface area contributed by atoms with Gasteiger partial charge in [0.05, 0.1) is 11.0 Å². The van der Waals surface area contributed by atoms with Crippen LogP contribution in [0.2, 0.25) is 0 Å². The molecule has 7 nitrogen and oxygen atoms in total. The first-order chi connectivity index (χ1) is 9.95. The number of halogens is 1. The molecule has 2 rings (SSSR count). The predicted molar refractivity (Wildman–Crippen MR) is 70.9 cm³/mol. The van der Waals surface area contributed by atoms with E-state index in [-0.39, 0.29) is 23.6 Å². The minimum absolute atomic E-state index is 0.0883. The van der Waals surface area contributed by atoms with Gasteiger partial charge in [0.1, 0.15) is 5.82 Å². The number of carbonyl (C=O) groups is 1. The van der Waals surface area contributed by atoms with Crippen LogP contribution in [0.3, 0.4) is 0 Å². The number of nitro benzene ring substituents is 1. The molecule has 2 N–H and O–H groups in total. The van der Waals surface area contributed by atoms with Crippen LogP contribution in [0.5, 0.6) is 5.75 Å². The van der Waals surface area contributed by atoms with Crippen molar-refractivity contribution in [2.75, 3.05) is 0 Å². The molecule has 1 aromatic carbocycles. The van der Waals surface area contributed by atoms with Crippen LogP contribution in [0.4, 0.5) is 14.9 Å². The zero-order valence-corrected chi connectivity index (χ0v) is 11.1. The summed E-state index contributed by atoms with van der Waals surface area (Å²) in [7, 11) is 0. The van der Waals surface area contributed by atoms with E-state index in [4.69, 9.17) is 9.84 Å². The first-order valence-electron chi connectivity index (χ1n) is 6.55. The van der Waals surface area contributed by atoms with Crippen molar-refractivity contribution in [3.8, 4) is 5.75 Å². The lowest BCUT2D eigenvalue weighted by Crippen LogP contribution is -2.38. The number of ether oxygens (including phenoxy) is 1. The zero-order chi connectivity index (χ0) is 15.4. The molecule has 8 heteroatoms. The Labute approximate surface area is 119 Å². The maximum absolute atomic E-state index is 13.2. The highest BCUT2D eigenvalue weighted by Crippen LogP contribution is 2.31. The smallest absolute Gasteiger partial charge is 0.404 e. The molecule has 0 aromatic heterocycles. The van der Waals surface area contributed by atoms with Crippen molar-refractivity contribution in [3.05, 3.63) is 34.1 Å². The van der Waals surface area contributed by atoms with Crippen molar-refractivity contribution < 1.29 is 24.0 Å². The van der Waals surface area contributed by atoms with E-state index in [0.717, 1.165) is 18.2 Å². The Morgan fingerprint density at radius 2 is 2.05 bits per heavy atom. The van der Waals surface area contributed by atoms with Gasteiger partial charge in [0.15, 0.2) is 5.75 Å². The lowest BCUT2D eigenvalue weighted by Gasteiger charge is -2.28. The summed E-state index contributed by atoms with van der Waals surface area (Å²) in [6, 6.07) is 2.95.